The van der Waals surface area contributed by atoms with Gasteiger partial charge in [-0.3, -0.25) is 14.4 Å². The van der Waals surface area contributed by atoms with Gasteiger partial charge in [0.2, 0.25) is 5.91 Å². The third-order valence-electron chi connectivity index (χ3n) is 4.54. The normalized spacial score (nSPS) is 12.8. The van der Waals surface area contributed by atoms with E-state index in [1.54, 1.807) is 60.7 Å². The number of rotatable bonds is 4. The zero-order valence-corrected chi connectivity index (χ0v) is 16.5. The van der Waals surface area contributed by atoms with Crippen molar-refractivity contribution in [2.24, 2.45) is 0 Å². The molecule has 1 N–H and O–H groups in total. The lowest BCUT2D eigenvalue weighted by Crippen LogP contribution is -2.29. The lowest BCUT2D eigenvalue weighted by Gasteiger charge is -2.16. The van der Waals surface area contributed by atoms with Crippen LogP contribution in [0.3, 0.4) is 0 Å². The predicted molar refractivity (Wildman–Crippen MR) is 113 cm³/mol. The van der Waals surface area contributed by atoms with Crippen molar-refractivity contribution in [3.05, 3.63) is 93.5 Å². The van der Waals surface area contributed by atoms with Crippen LogP contribution in [0.25, 0.3) is 0 Å². The van der Waals surface area contributed by atoms with Crippen LogP contribution in [0, 0.1) is 0 Å². The molecular formula is C22H14Cl2N2O3. The van der Waals surface area contributed by atoms with Crippen LogP contribution in [0.1, 0.15) is 26.3 Å². The molecule has 0 spiro atoms. The average Bonchev–Trinajstić information content (AvgIpc) is 2.95. The molecule has 0 radical (unpaired) electrons. The second-order valence-electron chi connectivity index (χ2n) is 6.51. The van der Waals surface area contributed by atoms with Gasteiger partial charge in [0, 0.05) is 10.7 Å². The monoisotopic (exact) mass is 424 g/mol. The number of carbonyl (C=O) groups excluding carboxylic acids is 3. The minimum Gasteiger partial charge on any atom is -0.326 e. The summed E-state index contributed by atoms with van der Waals surface area (Å²) in [6.45, 7) is 0. The highest BCUT2D eigenvalue weighted by atomic mass is 35.5. The summed E-state index contributed by atoms with van der Waals surface area (Å²) in [4.78, 5) is 38.5. The molecule has 29 heavy (non-hydrogen) atoms. The molecule has 0 fully saturated rings. The average molecular weight is 425 g/mol. The molecule has 4 rings (SSSR count). The van der Waals surface area contributed by atoms with Gasteiger partial charge in [-0.2, -0.15) is 0 Å². The van der Waals surface area contributed by atoms with E-state index >= 15 is 0 Å². The molecule has 1 aliphatic rings. The number of amides is 3. The fourth-order valence-corrected chi connectivity index (χ4v) is 3.56. The summed E-state index contributed by atoms with van der Waals surface area (Å²) in [6, 6.07) is 18.3. The van der Waals surface area contributed by atoms with Crippen molar-refractivity contribution in [1.29, 1.82) is 0 Å². The molecule has 144 valence electrons. The van der Waals surface area contributed by atoms with Gasteiger partial charge in [0.1, 0.15) is 0 Å². The summed E-state index contributed by atoms with van der Waals surface area (Å²) in [7, 11) is 0. The zero-order valence-electron chi connectivity index (χ0n) is 15.0. The maximum absolute atomic E-state index is 12.6. The molecule has 0 saturated heterocycles. The smallest absolute Gasteiger partial charge is 0.266 e. The standard InChI is InChI=1S/C22H14Cl2N2O3/c23-14-7-5-13(6-8-14)11-20(27)25-15-9-10-19(18(24)12-15)26-21(28)16-3-1-2-4-17(16)22(26)29/h1-10,12H,11H2,(H,25,27). The van der Waals surface area contributed by atoms with Crippen molar-refractivity contribution >= 4 is 52.3 Å². The lowest BCUT2D eigenvalue weighted by molar-refractivity contribution is -0.115. The number of hydrogen-bond acceptors (Lipinski definition) is 3. The van der Waals surface area contributed by atoms with Gasteiger partial charge in [-0.1, -0.05) is 47.5 Å². The van der Waals surface area contributed by atoms with E-state index in [0.717, 1.165) is 10.5 Å². The molecule has 1 heterocycles. The maximum Gasteiger partial charge on any atom is 0.266 e. The fourth-order valence-electron chi connectivity index (χ4n) is 3.17. The summed E-state index contributed by atoms with van der Waals surface area (Å²) in [5.74, 6) is -1.07. The zero-order chi connectivity index (χ0) is 20.5. The summed E-state index contributed by atoms with van der Waals surface area (Å²) in [5, 5.41) is 3.54. The van der Waals surface area contributed by atoms with Crippen molar-refractivity contribution < 1.29 is 14.4 Å². The van der Waals surface area contributed by atoms with Gasteiger partial charge < -0.3 is 5.32 Å². The molecule has 1 aliphatic heterocycles. The summed E-state index contributed by atoms with van der Waals surface area (Å²) in [5.41, 5.74) is 2.24. The van der Waals surface area contributed by atoms with Crippen LogP contribution >= 0.6 is 23.2 Å². The number of nitrogens with zero attached hydrogens (tertiary/aromatic N) is 1. The van der Waals surface area contributed by atoms with Crippen LogP contribution in [0.4, 0.5) is 11.4 Å². The number of benzene rings is 3. The van der Waals surface area contributed by atoms with Gasteiger partial charge in [-0.05, 0) is 48.0 Å². The Morgan fingerprint density at radius 3 is 2.07 bits per heavy atom. The third kappa shape index (κ3) is 3.75. The molecule has 0 unspecified atom stereocenters. The van der Waals surface area contributed by atoms with E-state index in [1.807, 2.05) is 0 Å². The number of hydrogen-bond donors (Lipinski definition) is 1. The minimum absolute atomic E-state index is 0.176. The summed E-state index contributed by atoms with van der Waals surface area (Å²) >= 11 is 12.2. The third-order valence-corrected chi connectivity index (χ3v) is 5.10. The fraction of sp³-hybridized carbons (Fsp3) is 0.0455. The molecular weight excluding hydrogens is 411 g/mol. The van der Waals surface area contributed by atoms with Gasteiger partial charge in [0.25, 0.3) is 11.8 Å². The molecule has 0 aliphatic carbocycles. The Kier molecular flexibility index (Phi) is 5.09. The van der Waals surface area contributed by atoms with E-state index in [2.05, 4.69) is 5.32 Å². The molecule has 3 aromatic rings. The first-order valence-corrected chi connectivity index (χ1v) is 9.51. The van der Waals surface area contributed by atoms with Crippen LogP contribution in [0.5, 0.6) is 0 Å². The summed E-state index contributed by atoms with van der Waals surface area (Å²) < 4.78 is 0. The van der Waals surface area contributed by atoms with E-state index < -0.39 is 11.8 Å². The van der Waals surface area contributed by atoms with Gasteiger partial charge in [-0.15, -0.1) is 0 Å². The van der Waals surface area contributed by atoms with Gasteiger partial charge in [-0.25, -0.2) is 4.90 Å². The van der Waals surface area contributed by atoms with Crippen LogP contribution in [0.2, 0.25) is 10.0 Å². The number of fused-ring (bicyclic) bond motifs is 1. The molecule has 0 saturated carbocycles. The molecule has 5 nitrogen and oxygen atoms in total. The summed E-state index contributed by atoms with van der Waals surface area (Å²) in [6.07, 6.45) is 0.176. The van der Waals surface area contributed by atoms with Crippen molar-refractivity contribution in [2.45, 2.75) is 6.42 Å². The Hall–Kier alpha value is -3.15. The van der Waals surface area contributed by atoms with E-state index in [-0.39, 0.29) is 23.0 Å². The maximum atomic E-state index is 12.6. The van der Waals surface area contributed by atoms with Crippen molar-refractivity contribution in [3.63, 3.8) is 0 Å². The number of imide groups is 1. The van der Waals surface area contributed by atoms with Crippen LogP contribution < -0.4 is 10.2 Å². The van der Waals surface area contributed by atoms with E-state index in [0.29, 0.717) is 21.8 Å². The largest absolute Gasteiger partial charge is 0.326 e. The van der Waals surface area contributed by atoms with Crippen LogP contribution in [-0.2, 0) is 11.2 Å². The molecule has 0 bridgehead atoms. The lowest BCUT2D eigenvalue weighted by atomic mass is 10.1. The Balaban J connectivity index is 1.51. The predicted octanol–water partition coefficient (Wildman–Crippen LogP) is 4.98. The van der Waals surface area contributed by atoms with Crippen LogP contribution in [-0.4, -0.2) is 17.7 Å². The highest BCUT2D eigenvalue weighted by molar-refractivity contribution is 6.40. The molecule has 3 amide bonds. The van der Waals surface area contributed by atoms with Crippen LogP contribution in [0.15, 0.2) is 66.7 Å². The molecule has 3 aromatic carbocycles. The Morgan fingerprint density at radius 1 is 0.862 bits per heavy atom. The molecule has 7 heteroatoms. The number of halogens is 2. The Bertz CT molecular complexity index is 1110. The van der Waals surface area contributed by atoms with Gasteiger partial charge in [0.05, 0.1) is 28.3 Å². The second-order valence-corrected chi connectivity index (χ2v) is 7.35. The quantitative estimate of drug-likeness (QED) is 0.600. The first kappa shape index (κ1) is 19.2. The second kappa shape index (κ2) is 7.70. The SMILES string of the molecule is O=C(Cc1ccc(Cl)cc1)Nc1ccc(N2C(=O)c3ccccc3C2=O)c(Cl)c1. The molecule has 0 aromatic heterocycles. The first-order chi connectivity index (χ1) is 13.9. The Labute approximate surface area is 176 Å². The number of anilines is 2. The number of nitrogens with one attached hydrogen (secondary N) is 1. The van der Waals surface area contributed by atoms with Crippen molar-refractivity contribution in [2.75, 3.05) is 10.2 Å². The number of carbonyl (C=O) groups is 3. The van der Waals surface area contributed by atoms with Crippen molar-refractivity contribution in [3.8, 4) is 0 Å². The highest BCUT2D eigenvalue weighted by Crippen LogP contribution is 2.34. The Morgan fingerprint density at radius 2 is 1.48 bits per heavy atom. The van der Waals surface area contributed by atoms with E-state index in [9.17, 15) is 14.4 Å². The highest BCUT2D eigenvalue weighted by Gasteiger charge is 2.37. The van der Waals surface area contributed by atoms with Crippen molar-refractivity contribution in [1.82, 2.24) is 0 Å². The minimum atomic E-state index is -0.424. The topological polar surface area (TPSA) is 66.5 Å². The molecule has 0 atom stereocenters. The van der Waals surface area contributed by atoms with E-state index in [4.69, 9.17) is 23.2 Å². The van der Waals surface area contributed by atoms with Gasteiger partial charge in [0.15, 0.2) is 0 Å². The van der Waals surface area contributed by atoms with E-state index in [1.165, 1.54) is 6.07 Å². The first-order valence-electron chi connectivity index (χ1n) is 8.76. The van der Waals surface area contributed by atoms with Gasteiger partial charge >= 0.3 is 0 Å².